The summed E-state index contributed by atoms with van der Waals surface area (Å²) in [7, 11) is 1.99. The van der Waals surface area contributed by atoms with Crippen molar-refractivity contribution in [3.63, 3.8) is 0 Å². The second-order valence-electron chi connectivity index (χ2n) is 10.5. The third kappa shape index (κ3) is 5.31. The maximum atomic E-state index is 12.8. The molecule has 2 aliphatic heterocycles. The van der Waals surface area contributed by atoms with Crippen molar-refractivity contribution < 1.29 is 61.9 Å². The number of esters is 2. The van der Waals surface area contributed by atoms with Gasteiger partial charge in [0.25, 0.3) is 0 Å². The van der Waals surface area contributed by atoms with Crippen LogP contribution in [0, 0.1) is 0 Å². The van der Waals surface area contributed by atoms with E-state index in [1.165, 1.54) is 6.92 Å². The molecule has 2 aliphatic carbocycles. The molecule has 2 bridgehead atoms. The number of aldehydes is 1. The fourth-order valence-corrected chi connectivity index (χ4v) is 6.34. The number of benzene rings is 1. The van der Waals surface area contributed by atoms with E-state index in [0.29, 0.717) is 30.7 Å². The first-order valence-corrected chi connectivity index (χ1v) is 12.9. The number of carboxylic acids is 1. The molecule has 3 N–H and O–H groups in total. The smallest absolute Gasteiger partial charge is 0.446 e. The Morgan fingerprint density at radius 2 is 1.95 bits per heavy atom. The van der Waals surface area contributed by atoms with Gasteiger partial charge >= 0.3 is 24.1 Å². The van der Waals surface area contributed by atoms with Gasteiger partial charge in [-0.2, -0.15) is 13.2 Å². The zero-order valence-corrected chi connectivity index (χ0v) is 22.3. The van der Waals surface area contributed by atoms with E-state index in [4.69, 9.17) is 24.1 Å². The molecule has 11 nitrogen and oxygen atoms in total. The number of halogens is 3. The van der Waals surface area contributed by atoms with Gasteiger partial charge in [-0.3, -0.25) is 14.4 Å². The molecular weight excluding hydrogens is 555 g/mol. The molecule has 1 aromatic carbocycles. The Morgan fingerprint density at radius 1 is 1.27 bits per heavy atom. The van der Waals surface area contributed by atoms with E-state index in [1.54, 1.807) is 6.08 Å². The number of alkyl halides is 3. The Bertz CT molecular complexity index is 1280. The second kappa shape index (κ2) is 11.1. The standard InChI is InChI=1S/C25H29NO9.C2HF3O/c1-13(33-19(30)6-5-18(28)29)23(31)34-16-7-8-25(32)17-11-14-3-4-15(12-27)21-20(14)24(25,22(16)35-21)9-10-26(17)2;3-2(4,5)1-6/h3-4,7,13,17,22,27,32H,5-6,8-12H2,1-2H3,(H,28,29);1H/t13-,17+,22-,24-,25+;/m0./s1. The van der Waals surface area contributed by atoms with Gasteiger partial charge in [-0.05, 0) is 45.0 Å². The summed E-state index contributed by atoms with van der Waals surface area (Å²) in [4.78, 5) is 46.2. The number of aliphatic carboxylic acids is 1. The Balaban J connectivity index is 0.000000585. The molecular formula is C27H30F3NO10. The third-order valence-corrected chi connectivity index (χ3v) is 8.16. The number of rotatable bonds is 7. The Hall–Kier alpha value is -3.49. The molecule has 5 rings (SSSR count). The third-order valence-electron chi connectivity index (χ3n) is 8.16. The van der Waals surface area contributed by atoms with Gasteiger partial charge in [-0.25, -0.2) is 4.79 Å². The van der Waals surface area contributed by atoms with E-state index in [2.05, 4.69) is 4.90 Å². The largest absolute Gasteiger partial charge is 0.481 e. The molecule has 0 radical (unpaired) electrons. The quantitative estimate of drug-likeness (QED) is 0.315. The number of hydrogen-bond acceptors (Lipinski definition) is 10. The van der Waals surface area contributed by atoms with Gasteiger partial charge in [0.2, 0.25) is 6.29 Å². The van der Waals surface area contributed by atoms with Crippen LogP contribution in [0.5, 0.6) is 5.75 Å². The van der Waals surface area contributed by atoms with Crippen LogP contribution >= 0.6 is 0 Å². The highest BCUT2D eigenvalue weighted by molar-refractivity contribution is 5.81. The van der Waals surface area contributed by atoms with Gasteiger partial charge in [0.1, 0.15) is 11.5 Å². The molecule has 0 unspecified atom stereocenters. The van der Waals surface area contributed by atoms with Gasteiger partial charge in [0, 0.05) is 23.6 Å². The Labute approximate surface area is 232 Å². The van der Waals surface area contributed by atoms with Crippen molar-refractivity contribution in [3.05, 3.63) is 40.7 Å². The first-order chi connectivity index (χ1) is 19.2. The zero-order chi connectivity index (χ0) is 30.3. The van der Waals surface area contributed by atoms with E-state index in [-0.39, 0.29) is 31.2 Å². The SMILES string of the molecule is C[C@H](OC(=O)CCC(=O)O)C(=O)OC1=CC[C@@]2(O)[C@H]3Cc4ccc(CO)c5c4[C@@]2(CCN3C)[C@H]1O5.O=CC(F)(F)F. The topological polar surface area (TPSA) is 160 Å². The van der Waals surface area contributed by atoms with Crippen LogP contribution in [0.4, 0.5) is 13.2 Å². The van der Waals surface area contributed by atoms with Crippen molar-refractivity contribution in [1.29, 1.82) is 0 Å². The summed E-state index contributed by atoms with van der Waals surface area (Å²) in [6.07, 6.45) is -5.35. The maximum absolute atomic E-state index is 12.8. The van der Waals surface area contributed by atoms with Gasteiger partial charge in [-0.1, -0.05) is 12.1 Å². The number of carbonyl (C=O) groups is 4. The maximum Gasteiger partial charge on any atom is 0.446 e. The molecule has 41 heavy (non-hydrogen) atoms. The van der Waals surface area contributed by atoms with Crippen molar-refractivity contribution in [1.82, 2.24) is 4.90 Å². The number of aliphatic hydroxyl groups excluding tert-OH is 1. The molecule has 0 saturated carbocycles. The number of likely N-dealkylation sites (N-methyl/N-ethyl adjacent to an activating group) is 1. The Kier molecular flexibility index (Phi) is 8.22. The summed E-state index contributed by atoms with van der Waals surface area (Å²) in [6, 6.07) is 3.66. The van der Waals surface area contributed by atoms with Crippen LogP contribution in [0.1, 0.15) is 49.3 Å². The van der Waals surface area contributed by atoms with Crippen molar-refractivity contribution in [2.75, 3.05) is 13.6 Å². The monoisotopic (exact) mass is 585 g/mol. The van der Waals surface area contributed by atoms with E-state index >= 15 is 0 Å². The highest BCUT2D eigenvalue weighted by atomic mass is 19.4. The number of carbonyl (C=O) groups excluding carboxylic acids is 3. The predicted octanol–water partition coefficient (Wildman–Crippen LogP) is 1.54. The van der Waals surface area contributed by atoms with E-state index in [0.717, 1.165) is 11.1 Å². The van der Waals surface area contributed by atoms with E-state index < -0.39 is 60.0 Å². The number of nitrogens with zero attached hydrogens (tertiary/aromatic N) is 1. The minimum Gasteiger partial charge on any atom is -0.481 e. The lowest BCUT2D eigenvalue weighted by atomic mass is 9.50. The molecule has 14 heteroatoms. The minimum atomic E-state index is -4.64. The van der Waals surface area contributed by atoms with Crippen LogP contribution in [0.15, 0.2) is 24.0 Å². The number of carboxylic acid groups (broad SMARTS) is 1. The summed E-state index contributed by atoms with van der Waals surface area (Å²) in [5, 5.41) is 30.8. The molecule has 1 aromatic rings. The summed E-state index contributed by atoms with van der Waals surface area (Å²) < 4.78 is 48.4. The van der Waals surface area contributed by atoms with Gasteiger partial charge < -0.3 is 34.4 Å². The lowest BCUT2D eigenvalue weighted by molar-refractivity contribution is -0.175. The first kappa shape index (κ1) is 30.5. The molecule has 224 valence electrons. The molecule has 1 spiro atoms. The van der Waals surface area contributed by atoms with E-state index in [1.807, 2.05) is 19.2 Å². The minimum absolute atomic E-state index is 0.150. The molecule has 0 aromatic heterocycles. The predicted molar refractivity (Wildman–Crippen MR) is 131 cm³/mol. The Morgan fingerprint density at radius 3 is 2.56 bits per heavy atom. The highest BCUT2D eigenvalue weighted by Crippen LogP contribution is 2.64. The summed E-state index contributed by atoms with van der Waals surface area (Å²) in [6.45, 7) is 1.85. The summed E-state index contributed by atoms with van der Waals surface area (Å²) in [5.41, 5.74) is 0.551. The molecule has 1 fully saturated rings. The summed E-state index contributed by atoms with van der Waals surface area (Å²) >= 11 is 0. The van der Waals surface area contributed by atoms with Crippen molar-refractivity contribution in [2.24, 2.45) is 0 Å². The van der Waals surface area contributed by atoms with Gasteiger partial charge in [0.15, 0.2) is 12.2 Å². The highest BCUT2D eigenvalue weighted by Gasteiger charge is 2.71. The summed E-state index contributed by atoms with van der Waals surface area (Å²) in [5.74, 6) is -1.99. The normalized spacial score (nSPS) is 28.1. The van der Waals surface area contributed by atoms with Crippen molar-refractivity contribution in [3.8, 4) is 5.75 Å². The lowest BCUT2D eigenvalue weighted by Gasteiger charge is -2.61. The zero-order valence-electron chi connectivity index (χ0n) is 22.3. The lowest BCUT2D eigenvalue weighted by Crippen LogP contribution is -2.74. The second-order valence-corrected chi connectivity index (χ2v) is 10.5. The average Bonchev–Trinajstić information content (AvgIpc) is 3.26. The van der Waals surface area contributed by atoms with Crippen LogP contribution in [0.25, 0.3) is 0 Å². The first-order valence-electron chi connectivity index (χ1n) is 12.9. The molecule has 4 aliphatic rings. The fourth-order valence-electron chi connectivity index (χ4n) is 6.34. The van der Waals surface area contributed by atoms with Crippen LogP contribution in [-0.2, 0) is 47.1 Å². The van der Waals surface area contributed by atoms with Crippen LogP contribution in [0.2, 0.25) is 0 Å². The van der Waals surface area contributed by atoms with Gasteiger partial charge in [0.05, 0.1) is 30.5 Å². The van der Waals surface area contributed by atoms with Crippen molar-refractivity contribution in [2.45, 2.75) is 81.1 Å². The van der Waals surface area contributed by atoms with Crippen LogP contribution in [-0.4, -0.2) is 88.0 Å². The van der Waals surface area contributed by atoms with Crippen LogP contribution in [0.3, 0.4) is 0 Å². The number of likely N-dealkylation sites (tertiary alicyclic amines) is 1. The molecule has 5 atom stereocenters. The van der Waals surface area contributed by atoms with Crippen LogP contribution < -0.4 is 4.74 Å². The number of piperidine rings is 1. The number of ether oxygens (including phenoxy) is 3. The average molecular weight is 586 g/mol. The van der Waals surface area contributed by atoms with Crippen molar-refractivity contribution >= 4 is 24.2 Å². The van der Waals surface area contributed by atoms with E-state index in [9.17, 15) is 37.8 Å². The molecule has 2 heterocycles. The number of hydrogen-bond donors (Lipinski definition) is 3. The molecule has 1 saturated heterocycles. The van der Waals surface area contributed by atoms with Gasteiger partial charge in [-0.15, -0.1) is 0 Å². The molecule has 0 amide bonds. The number of aliphatic hydroxyl groups is 2. The fraction of sp³-hybridized carbons (Fsp3) is 0.556.